The molecule has 1 heterocycles. The third kappa shape index (κ3) is 5.24. The van der Waals surface area contributed by atoms with E-state index in [-0.39, 0.29) is 28.8 Å². The lowest BCUT2D eigenvalue weighted by molar-refractivity contribution is -0.137. The van der Waals surface area contributed by atoms with Crippen LogP contribution in [0.5, 0.6) is 0 Å². The van der Waals surface area contributed by atoms with Crippen LogP contribution in [-0.4, -0.2) is 32.5 Å². The van der Waals surface area contributed by atoms with E-state index in [9.17, 15) is 31.2 Å². The van der Waals surface area contributed by atoms with Gasteiger partial charge in [0, 0.05) is 34.7 Å². The minimum absolute atomic E-state index is 0.000855. The molecule has 6 nitrogen and oxygen atoms in total. The fraction of sp³-hybridized carbons (Fsp3) is 0.364. The van der Waals surface area contributed by atoms with Crippen LogP contribution in [0, 0.1) is 5.92 Å². The van der Waals surface area contributed by atoms with Crippen LogP contribution in [0.15, 0.2) is 45.8 Å². The van der Waals surface area contributed by atoms with Crippen LogP contribution in [0.25, 0.3) is 0 Å². The molecule has 1 aliphatic carbocycles. The lowest BCUT2D eigenvalue weighted by Crippen LogP contribution is -2.30. The molecule has 1 N–H and O–H groups in total. The van der Waals surface area contributed by atoms with E-state index >= 15 is 0 Å². The summed E-state index contributed by atoms with van der Waals surface area (Å²) in [7, 11) is -3.87. The Labute approximate surface area is 197 Å². The summed E-state index contributed by atoms with van der Waals surface area (Å²) >= 11 is 3.29. The maximum Gasteiger partial charge on any atom is 0.416 e. The lowest BCUT2D eigenvalue weighted by atomic mass is 10.2. The number of fused-ring (bicyclic) bond motifs is 1. The van der Waals surface area contributed by atoms with Gasteiger partial charge in [0.2, 0.25) is 11.8 Å². The van der Waals surface area contributed by atoms with Crippen molar-refractivity contribution in [2.45, 2.75) is 36.8 Å². The Bertz CT molecular complexity index is 1210. The molecule has 0 atom stereocenters. The van der Waals surface area contributed by atoms with Crippen LogP contribution in [-0.2, 0) is 32.0 Å². The second kappa shape index (κ2) is 8.75. The largest absolute Gasteiger partial charge is 0.416 e. The number of hydrogen-bond donors (Lipinski definition) is 1. The van der Waals surface area contributed by atoms with Crippen LogP contribution < -0.4 is 10.2 Å². The van der Waals surface area contributed by atoms with E-state index < -0.39 is 33.2 Å². The zero-order valence-electron chi connectivity index (χ0n) is 17.3. The standard InChI is InChI=1S/C22H20BrF3N2O4S/c23-17-11-14-7-9-28(21(30)13-1-2-13)18(14)12-19(17)33(31,32)10-8-20(29)27-16-5-3-15(4-6-16)22(24,25)26/h3-6,11-13H,1-2,7-10H2,(H,27,29). The summed E-state index contributed by atoms with van der Waals surface area (Å²) in [6.07, 6.45) is -2.53. The van der Waals surface area contributed by atoms with Gasteiger partial charge in [-0.25, -0.2) is 8.42 Å². The summed E-state index contributed by atoms with van der Waals surface area (Å²) in [5, 5.41) is 2.41. The fourth-order valence-corrected chi connectivity index (χ4v) is 6.16. The number of alkyl halides is 3. The van der Waals surface area contributed by atoms with Crippen molar-refractivity contribution in [3.63, 3.8) is 0 Å². The van der Waals surface area contributed by atoms with Gasteiger partial charge in [-0.05, 0) is 77.2 Å². The number of nitrogens with zero attached hydrogens (tertiary/aromatic N) is 1. The summed E-state index contributed by atoms with van der Waals surface area (Å²) in [6, 6.07) is 7.07. The fourth-order valence-electron chi connectivity index (χ4n) is 3.71. The first kappa shape index (κ1) is 23.7. The zero-order chi connectivity index (χ0) is 24.0. The molecule has 0 aromatic heterocycles. The molecule has 33 heavy (non-hydrogen) atoms. The van der Waals surface area contributed by atoms with Crippen molar-refractivity contribution < 1.29 is 31.2 Å². The normalized spacial score (nSPS) is 15.9. The smallest absolute Gasteiger partial charge is 0.326 e. The molecule has 2 aliphatic rings. The molecule has 0 unspecified atom stereocenters. The number of carbonyl (C=O) groups is 2. The molecule has 4 rings (SSSR count). The molecular weight excluding hydrogens is 525 g/mol. The molecular formula is C22H20BrF3N2O4S. The average Bonchev–Trinajstić information content (AvgIpc) is 3.51. The van der Waals surface area contributed by atoms with E-state index in [1.165, 1.54) is 6.07 Å². The Balaban J connectivity index is 1.44. The van der Waals surface area contributed by atoms with Crippen molar-refractivity contribution in [1.82, 2.24) is 0 Å². The molecule has 2 amide bonds. The minimum Gasteiger partial charge on any atom is -0.326 e. The van der Waals surface area contributed by atoms with Crippen molar-refractivity contribution in [3.05, 3.63) is 52.0 Å². The second-order valence-corrected chi connectivity index (χ2v) is 11.0. The first-order valence-electron chi connectivity index (χ1n) is 10.3. The maximum atomic E-state index is 12.9. The third-order valence-corrected chi connectivity index (χ3v) is 8.32. The quantitative estimate of drug-likeness (QED) is 0.577. The van der Waals surface area contributed by atoms with Crippen molar-refractivity contribution >= 4 is 49.0 Å². The number of anilines is 2. The van der Waals surface area contributed by atoms with E-state index in [0.717, 1.165) is 42.7 Å². The molecule has 176 valence electrons. The predicted molar refractivity (Wildman–Crippen MR) is 120 cm³/mol. The number of amides is 2. The SMILES string of the molecule is O=C(CCS(=O)(=O)c1cc2c(cc1Br)CCN2C(=O)C1CC1)Nc1ccc(C(F)(F)F)cc1. The van der Waals surface area contributed by atoms with Crippen molar-refractivity contribution in [3.8, 4) is 0 Å². The van der Waals surface area contributed by atoms with Crippen LogP contribution in [0.3, 0.4) is 0 Å². The molecule has 0 radical (unpaired) electrons. The van der Waals surface area contributed by atoms with Gasteiger partial charge in [0.1, 0.15) is 0 Å². The number of nitrogens with one attached hydrogen (secondary N) is 1. The molecule has 0 bridgehead atoms. The highest BCUT2D eigenvalue weighted by molar-refractivity contribution is 9.10. The van der Waals surface area contributed by atoms with Crippen LogP contribution in [0.1, 0.15) is 30.4 Å². The highest BCUT2D eigenvalue weighted by atomic mass is 79.9. The number of hydrogen-bond acceptors (Lipinski definition) is 4. The van der Waals surface area contributed by atoms with Gasteiger partial charge in [0.15, 0.2) is 9.84 Å². The van der Waals surface area contributed by atoms with Gasteiger partial charge in [-0.2, -0.15) is 13.2 Å². The van der Waals surface area contributed by atoms with Gasteiger partial charge >= 0.3 is 6.18 Å². The molecule has 1 aliphatic heterocycles. The highest BCUT2D eigenvalue weighted by Crippen LogP contribution is 2.39. The number of carbonyl (C=O) groups excluding carboxylic acids is 2. The molecule has 0 spiro atoms. The van der Waals surface area contributed by atoms with Crippen molar-refractivity contribution in [2.24, 2.45) is 5.92 Å². The Morgan fingerprint density at radius 1 is 1.12 bits per heavy atom. The zero-order valence-corrected chi connectivity index (χ0v) is 19.7. The topological polar surface area (TPSA) is 83.6 Å². The van der Waals surface area contributed by atoms with Crippen LogP contribution in [0.4, 0.5) is 24.5 Å². The highest BCUT2D eigenvalue weighted by Gasteiger charge is 2.37. The predicted octanol–water partition coefficient (Wildman–Crippen LogP) is 4.57. The number of sulfone groups is 1. The van der Waals surface area contributed by atoms with Crippen LogP contribution >= 0.6 is 15.9 Å². The summed E-state index contributed by atoms with van der Waals surface area (Å²) in [4.78, 5) is 26.4. The third-order valence-electron chi connectivity index (χ3n) is 5.65. The first-order valence-corrected chi connectivity index (χ1v) is 12.7. The van der Waals surface area contributed by atoms with Gasteiger partial charge in [-0.1, -0.05) is 0 Å². The summed E-state index contributed by atoms with van der Waals surface area (Å²) in [6.45, 7) is 0.510. The first-order chi connectivity index (χ1) is 15.5. The Hall–Kier alpha value is -2.40. The average molecular weight is 545 g/mol. The Morgan fingerprint density at radius 2 is 1.79 bits per heavy atom. The maximum absolute atomic E-state index is 12.9. The van der Waals surface area contributed by atoms with Gasteiger partial charge < -0.3 is 10.2 Å². The Morgan fingerprint density at radius 3 is 2.39 bits per heavy atom. The number of benzene rings is 2. The van der Waals surface area contributed by atoms with E-state index in [1.54, 1.807) is 11.0 Å². The van der Waals surface area contributed by atoms with Crippen LogP contribution in [0.2, 0.25) is 0 Å². The van der Waals surface area contributed by atoms with Gasteiger partial charge in [-0.3, -0.25) is 9.59 Å². The summed E-state index contributed by atoms with van der Waals surface area (Å²) < 4.78 is 64.2. The summed E-state index contributed by atoms with van der Waals surface area (Å²) in [5.74, 6) is -1.11. The van der Waals surface area contributed by atoms with Crippen molar-refractivity contribution in [2.75, 3.05) is 22.5 Å². The van der Waals surface area contributed by atoms with Gasteiger partial charge in [0.05, 0.1) is 16.2 Å². The van der Waals surface area contributed by atoms with E-state index in [0.29, 0.717) is 23.1 Å². The second-order valence-electron chi connectivity index (χ2n) is 8.12. The molecule has 2 aromatic carbocycles. The molecule has 11 heteroatoms. The molecule has 0 saturated heterocycles. The molecule has 1 fully saturated rings. The summed E-state index contributed by atoms with van der Waals surface area (Å²) in [5.41, 5.74) is 0.759. The lowest BCUT2D eigenvalue weighted by Gasteiger charge is -2.18. The van der Waals surface area contributed by atoms with E-state index in [1.807, 2.05) is 0 Å². The molecule has 1 saturated carbocycles. The van der Waals surface area contributed by atoms with Crippen molar-refractivity contribution in [1.29, 1.82) is 0 Å². The van der Waals surface area contributed by atoms with E-state index in [2.05, 4.69) is 21.2 Å². The van der Waals surface area contributed by atoms with Gasteiger partial charge in [0.25, 0.3) is 0 Å². The number of rotatable bonds is 6. The Kier molecular flexibility index (Phi) is 6.30. The minimum atomic E-state index is -4.49. The molecule has 2 aromatic rings. The monoisotopic (exact) mass is 544 g/mol. The van der Waals surface area contributed by atoms with Gasteiger partial charge in [-0.15, -0.1) is 0 Å². The number of halogens is 4. The van der Waals surface area contributed by atoms with E-state index in [4.69, 9.17) is 0 Å².